The maximum Gasteiger partial charge on any atom is 0.293 e. The highest BCUT2D eigenvalue weighted by Gasteiger charge is 2.35. The van der Waals surface area contributed by atoms with Gasteiger partial charge in [-0.05, 0) is 79.2 Å². The Bertz CT molecular complexity index is 1250. The van der Waals surface area contributed by atoms with E-state index >= 15 is 0 Å². The molecular formula is C24H20Cl2N2O3S. The zero-order valence-electron chi connectivity index (χ0n) is 17.7. The number of aryl methyl sites for hydroxylation is 1. The van der Waals surface area contributed by atoms with E-state index in [0.29, 0.717) is 20.7 Å². The molecule has 2 heterocycles. The van der Waals surface area contributed by atoms with Gasteiger partial charge in [0.05, 0.1) is 24.2 Å². The second-order valence-corrected chi connectivity index (χ2v) is 9.24. The van der Waals surface area contributed by atoms with Crippen molar-refractivity contribution < 1.29 is 14.3 Å². The summed E-state index contributed by atoms with van der Waals surface area (Å²) >= 11 is 13.1. The first-order valence-corrected chi connectivity index (χ1v) is 11.4. The van der Waals surface area contributed by atoms with E-state index in [9.17, 15) is 9.59 Å². The third kappa shape index (κ3) is 4.31. The van der Waals surface area contributed by atoms with Crippen LogP contribution >= 0.6 is 35.0 Å². The average molecular weight is 487 g/mol. The Hall–Kier alpha value is -2.67. The third-order valence-corrected chi connectivity index (χ3v) is 6.66. The van der Waals surface area contributed by atoms with Crippen molar-refractivity contribution in [1.29, 1.82) is 0 Å². The lowest BCUT2D eigenvalue weighted by molar-refractivity contribution is -0.123. The molecule has 5 nitrogen and oxygen atoms in total. The molecule has 4 rings (SSSR count). The molecule has 1 aromatic heterocycles. The molecule has 0 atom stereocenters. The Morgan fingerprint density at radius 1 is 1.00 bits per heavy atom. The van der Waals surface area contributed by atoms with E-state index in [4.69, 9.17) is 27.9 Å². The molecule has 0 bridgehead atoms. The molecule has 0 unspecified atom stereocenters. The summed E-state index contributed by atoms with van der Waals surface area (Å²) in [5, 5.41) is 0.911. The van der Waals surface area contributed by atoms with E-state index in [0.717, 1.165) is 40.0 Å². The van der Waals surface area contributed by atoms with Crippen LogP contribution in [0.5, 0.6) is 5.75 Å². The number of ether oxygens (including phenoxy) is 1. The number of methoxy groups -OCH3 is 1. The van der Waals surface area contributed by atoms with Crippen molar-refractivity contribution in [2.45, 2.75) is 20.4 Å². The zero-order valence-corrected chi connectivity index (χ0v) is 20.0. The number of rotatable bonds is 5. The lowest BCUT2D eigenvalue weighted by Crippen LogP contribution is -2.27. The SMILES string of the molecule is COc1ccc(Cl)cc1-n1c(C)cc(/C=C2/SC(=O)N(Cc3ccc(Cl)cc3)C2=O)c1C. The van der Waals surface area contributed by atoms with E-state index in [2.05, 4.69) is 0 Å². The molecule has 0 aliphatic carbocycles. The maximum atomic E-state index is 13.0. The van der Waals surface area contributed by atoms with Crippen molar-refractivity contribution in [2.75, 3.05) is 7.11 Å². The highest BCUT2D eigenvalue weighted by atomic mass is 35.5. The Morgan fingerprint density at radius 3 is 2.38 bits per heavy atom. The van der Waals surface area contributed by atoms with E-state index < -0.39 is 0 Å². The first-order valence-electron chi connectivity index (χ1n) is 9.81. The molecule has 8 heteroatoms. The van der Waals surface area contributed by atoms with Crippen molar-refractivity contribution in [1.82, 2.24) is 9.47 Å². The highest BCUT2D eigenvalue weighted by Crippen LogP contribution is 2.36. The van der Waals surface area contributed by atoms with Crippen LogP contribution in [0.1, 0.15) is 22.5 Å². The Morgan fingerprint density at radius 2 is 1.69 bits per heavy atom. The van der Waals surface area contributed by atoms with E-state index in [1.807, 2.05) is 36.6 Å². The molecule has 0 spiro atoms. The average Bonchev–Trinajstić information content (AvgIpc) is 3.18. The third-order valence-electron chi connectivity index (χ3n) is 5.27. The predicted molar refractivity (Wildman–Crippen MR) is 130 cm³/mol. The standard InChI is InChI=1S/C24H20Cl2N2O3S/c1-14-10-17(15(2)28(14)20-12-19(26)8-9-21(20)31-3)11-22-23(29)27(24(30)32-22)13-16-4-6-18(25)7-5-16/h4-12H,13H2,1-3H3/b22-11+. The van der Waals surface area contributed by atoms with Gasteiger partial charge in [-0.3, -0.25) is 14.5 Å². The molecule has 0 saturated carbocycles. The summed E-state index contributed by atoms with van der Waals surface area (Å²) in [6.45, 7) is 4.13. The molecule has 32 heavy (non-hydrogen) atoms. The minimum Gasteiger partial charge on any atom is -0.495 e. The lowest BCUT2D eigenvalue weighted by Gasteiger charge is -2.14. The van der Waals surface area contributed by atoms with Crippen LogP contribution in [0.2, 0.25) is 10.0 Å². The summed E-state index contributed by atoms with van der Waals surface area (Å²) < 4.78 is 7.53. The van der Waals surface area contributed by atoms with Gasteiger partial charge in [-0.15, -0.1) is 0 Å². The Balaban J connectivity index is 1.66. The highest BCUT2D eigenvalue weighted by molar-refractivity contribution is 8.18. The Kier molecular flexibility index (Phi) is 6.38. The number of aromatic nitrogens is 1. The molecule has 1 fully saturated rings. The van der Waals surface area contributed by atoms with E-state index in [1.165, 1.54) is 4.90 Å². The lowest BCUT2D eigenvalue weighted by atomic mass is 10.2. The molecule has 3 aromatic rings. The van der Waals surface area contributed by atoms with Gasteiger partial charge in [0.1, 0.15) is 5.75 Å². The molecule has 2 aromatic carbocycles. The molecular weight excluding hydrogens is 467 g/mol. The minimum atomic E-state index is -0.305. The first-order chi connectivity index (χ1) is 15.3. The molecule has 1 aliphatic rings. The largest absolute Gasteiger partial charge is 0.495 e. The fourth-order valence-corrected chi connectivity index (χ4v) is 4.81. The molecule has 2 amide bonds. The van der Waals surface area contributed by atoms with Gasteiger partial charge in [0.15, 0.2) is 0 Å². The van der Waals surface area contributed by atoms with Gasteiger partial charge in [-0.2, -0.15) is 0 Å². The Labute approximate surface area is 200 Å². The van der Waals surface area contributed by atoms with Crippen molar-refractivity contribution in [3.63, 3.8) is 0 Å². The second kappa shape index (κ2) is 9.06. The summed E-state index contributed by atoms with van der Waals surface area (Å²) in [5.74, 6) is 0.381. The summed E-state index contributed by atoms with van der Waals surface area (Å²) in [7, 11) is 1.61. The predicted octanol–water partition coefficient (Wildman–Crippen LogP) is 6.65. The van der Waals surface area contributed by atoms with Crippen LogP contribution in [0.4, 0.5) is 4.79 Å². The number of carbonyl (C=O) groups excluding carboxylic acids is 2. The number of halogens is 2. The summed E-state index contributed by atoms with van der Waals surface area (Å²) in [4.78, 5) is 27.1. The summed E-state index contributed by atoms with van der Waals surface area (Å²) in [6, 6.07) is 14.5. The van der Waals surface area contributed by atoms with Gasteiger partial charge in [0.25, 0.3) is 11.1 Å². The van der Waals surface area contributed by atoms with Crippen LogP contribution < -0.4 is 4.74 Å². The number of hydrogen-bond donors (Lipinski definition) is 0. The first kappa shape index (κ1) is 22.5. The number of nitrogens with zero attached hydrogens (tertiary/aromatic N) is 2. The quantitative estimate of drug-likeness (QED) is 0.379. The monoisotopic (exact) mass is 486 g/mol. The fraction of sp³-hybridized carbons (Fsp3) is 0.167. The fourth-order valence-electron chi connectivity index (χ4n) is 3.69. The zero-order chi connectivity index (χ0) is 23.0. The second-order valence-electron chi connectivity index (χ2n) is 7.37. The van der Waals surface area contributed by atoms with Crippen LogP contribution in [0.3, 0.4) is 0 Å². The summed E-state index contributed by atoms with van der Waals surface area (Å²) in [5.41, 5.74) is 4.36. The van der Waals surface area contributed by atoms with E-state index in [1.54, 1.807) is 43.5 Å². The van der Waals surface area contributed by atoms with Crippen molar-refractivity contribution in [2.24, 2.45) is 0 Å². The molecule has 1 saturated heterocycles. The molecule has 1 aliphatic heterocycles. The van der Waals surface area contributed by atoms with Crippen LogP contribution in [-0.4, -0.2) is 27.7 Å². The van der Waals surface area contributed by atoms with Gasteiger partial charge in [-0.25, -0.2) is 0 Å². The number of hydrogen-bond acceptors (Lipinski definition) is 4. The molecule has 164 valence electrons. The summed E-state index contributed by atoms with van der Waals surface area (Å²) in [6.07, 6.45) is 1.77. The minimum absolute atomic E-state index is 0.206. The van der Waals surface area contributed by atoms with Crippen molar-refractivity contribution in [3.8, 4) is 11.4 Å². The van der Waals surface area contributed by atoms with Crippen molar-refractivity contribution in [3.05, 3.63) is 86.0 Å². The van der Waals surface area contributed by atoms with Gasteiger partial charge in [0, 0.05) is 21.4 Å². The number of carbonyl (C=O) groups is 2. The smallest absolute Gasteiger partial charge is 0.293 e. The van der Waals surface area contributed by atoms with Gasteiger partial charge in [0.2, 0.25) is 0 Å². The number of amides is 2. The van der Waals surface area contributed by atoms with Crippen molar-refractivity contribution >= 4 is 52.2 Å². The topological polar surface area (TPSA) is 51.5 Å². The molecule has 0 radical (unpaired) electrons. The van der Waals surface area contributed by atoms with Crippen LogP contribution in [0.25, 0.3) is 11.8 Å². The van der Waals surface area contributed by atoms with Gasteiger partial charge in [-0.1, -0.05) is 35.3 Å². The van der Waals surface area contributed by atoms with Crippen LogP contribution in [0.15, 0.2) is 53.4 Å². The van der Waals surface area contributed by atoms with Crippen LogP contribution in [0, 0.1) is 13.8 Å². The number of benzene rings is 2. The van der Waals surface area contributed by atoms with Gasteiger partial charge >= 0.3 is 0 Å². The normalized spacial score (nSPS) is 15.2. The number of imide groups is 1. The maximum absolute atomic E-state index is 13.0. The number of thioether (sulfide) groups is 1. The van der Waals surface area contributed by atoms with E-state index in [-0.39, 0.29) is 17.7 Å². The molecule has 0 N–H and O–H groups in total. The van der Waals surface area contributed by atoms with Gasteiger partial charge < -0.3 is 9.30 Å². The van der Waals surface area contributed by atoms with Crippen LogP contribution in [-0.2, 0) is 11.3 Å².